The third kappa shape index (κ3) is 4.59. The van der Waals surface area contributed by atoms with Crippen LogP contribution in [0.25, 0.3) is 0 Å². The van der Waals surface area contributed by atoms with E-state index in [2.05, 4.69) is 16.3 Å². The van der Waals surface area contributed by atoms with Crippen LogP contribution < -0.4 is 5.32 Å². The standard InChI is InChI=1S/C11H21N3/c1-11(9-12)10-13-5-8-14-6-3-2-4-7-14/h11,13H,2-8,10H2,1H3. The molecule has 80 valence electrons. The van der Waals surface area contributed by atoms with E-state index in [1.165, 1.54) is 32.4 Å². The molecule has 1 unspecified atom stereocenters. The minimum Gasteiger partial charge on any atom is -0.314 e. The van der Waals surface area contributed by atoms with E-state index in [9.17, 15) is 0 Å². The van der Waals surface area contributed by atoms with Gasteiger partial charge in [-0.1, -0.05) is 6.42 Å². The lowest BCUT2D eigenvalue weighted by molar-refractivity contribution is 0.228. The average molecular weight is 195 g/mol. The van der Waals surface area contributed by atoms with Gasteiger partial charge in [0.2, 0.25) is 0 Å². The van der Waals surface area contributed by atoms with E-state index >= 15 is 0 Å². The van der Waals surface area contributed by atoms with Crippen molar-refractivity contribution in [2.75, 3.05) is 32.7 Å². The highest BCUT2D eigenvalue weighted by atomic mass is 15.1. The summed E-state index contributed by atoms with van der Waals surface area (Å²) >= 11 is 0. The number of hydrogen-bond acceptors (Lipinski definition) is 3. The van der Waals surface area contributed by atoms with E-state index in [1.807, 2.05) is 6.92 Å². The lowest BCUT2D eigenvalue weighted by Gasteiger charge is -2.26. The lowest BCUT2D eigenvalue weighted by Crippen LogP contribution is -2.36. The minimum atomic E-state index is 0.136. The molecular formula is C11H21N3. The van der Waals surface area contributed by atoms with Crippen LogP contribution in [-0.4, -0.2) is 37.6 Å². The number of nitrogens with zero attached hydrogens (tertiary/aromatic N) is 2. The summed E-state index contributed by atoms with van der Waals surface area (Å²) < 4.78 is 0. The van der Waals surface area contributed by atoms with Crippen LogP contribution in [0.3, 0.4) is 0 Å². The molecule has 3 heteroatoms. The van der Waals surface area contributed by atoms with Gasteiger partial charge in [0, 0.05) is 19.6 Å². The van der Waals surface area contributed by atoms with Crippen LogP contribution >= 0.6 is 0 Å². The molecule has 0 aromatic rings. The Hall–Kier alpha value is -0.590. The van der Waals surface area contributed by atoms with E-state index in [4.69, 9.17) is 5.26 Å². The second kappa shape index (κ2) is 6.80. The SMILES string of the molecule is CC(C#N)CNCCN1CCCCC1. The van der Waals surface area contributed by atoms with E-state index in [1.54, 1.807) is 0 Å². The Balaban J connectivity index is 1.95. The summed E-state index contributed by atoms with van der Waals surface area (Å²) in [7, 11) is 0. The highest BCUT2D eigenvalue weighted by Gasteiger charge is 2.08. The summed E-state index contributed by atoms with van der Waals surface area (Å²) in [6.45, 7) is 7.45. The highest BCUT2D eigenvalue weighted by Crippen LogP contribution is 2.07. The first-order valence-corrected chi connectivity index (χ1v) is 5.65. The molecule has 0 saturated carbocycles. The lowest BCUT2D eigenvalue weighted by atomic mass is 10.1. The fraction of sp³-hybridized carbons (Fsp3) is 0.909. The van der Waals surface area contributed by atoms with Crippen LogP contribution in [0, 0.1) is 17.2 Å². The molecule has 0 aromatic heterocycles. The van der Waals surface area contributed by atoms with E-state index in [0.29, 0.717) is 0 Å². The van der Waals surface area contributed by atoms with Gasteiger partial charge in [-0.2, -0.15) is 5.26 Å². The van der Waals surface area contributed by atoms with Crippen molar-refractivity contribution in [1.29, 1.82) is 5.26 Å². The zero-order valence-electron chi connectivity index (χ0n) is 9.13. The monoisotopic (exact) mass is 195 g/mol. The second-order valence-electron chi connectivity index (χ2n) is 4.14. The highest BCUT2D eigenvalue weighted by molar-refractivity contribution is 4.80. The molecule has 0 radical (unpaired) electrons. The maximum Gasteiger partial charge on any atom is 0.0666 e. The zero-order chi connectivity index (χ0) is 10.2. The molecule has 1 N–H and O–H groups in total. The Bertz CT molecular complexity index is 179. The summed E-state index contributed by atoms with van der Waals surface area (Å²) in [6.07, 6.45) is 4.11. The molecule has 3 nitrogen and oxygen atoms in total. The van der Waals surface area contributed by atoms with Gasteiger partial charge < -0.3 is 10.2 Å². The van der Waals surface area contributed by atoms with Gasteiger partial charge in [0.05, 0.1) is 12.0 Å². The number of likely N-dealkylation sites (tertiary alicyclic amines) is 1. The number of nitrogens with one attached hydrogen (secondary N) is 1. The van der Waals surface area contributed by atoms with Crippen LogP contribution in [0.4, 0.5) is 0 Å². The fourth-order valence-electron chi connectivity index (χ4n) is 1.78. The number of rotatable bonds is 5. The van der Waals surface area contributed by atoms with E-state index in [0.717, 1.165) is 19.6 Å². The summed E-state index contributed by atoms with van der Waals surface area (Å²) in [6, 6.07) is 2.23. The van der Waals surface area contributed by atoms with Crippen LogP contribution in [0.15, 0.2) is 0 Å². The molecule has 1 saturated heterocycles. The van der Waals surface area contributed by atoms with Crippen molar-refractivity contribution in [3.8, 4) is 6.07 Å². The quantitative estimate of drug-likeness (QED) is 0.670. The molecule has 1 heterocycles. The van der Waals surface area contributed by atoms with Gasteiger partial charge >= 0.3 is 0 Å². The van der Waals surface area contributed by atoms with Crippen molar-refractivity contribution in [2.45, 2.75) is 26.2 Å². The molecule has 0 amide bonds. The Labute approximate surface area is 87.1 Å². The molecule has 1 fully saturated rings. The molecule has 1 atom stereocenters. The molecule has 1 aliphatic rings. The molecule has 0 aromatic carbocycles. The smallest absolute Gasteiger partial charge is 0.0666 e. The number of nitriles is 1. The first kappa shape index (κ1) is 11.5. The Morgan fingerprint density at radius 3 is 2.71 bits per heavy atom. The van der Waals surface area contributed by atoms with E-state index in [-0.39, 0.29) is 5.92 Å². The summed E-state index contributed by atoms with van der Waals surface area (Å²) in [5.41, 5.74) is 0. The van der Waals surface area contributed by atoms with Crippen molar-refractivity contribution in [3.63, 3.8) is 0 Å². The van der Waals surface area contributed by atoms with E-state index < -0.39 is 0 Å². The van der Waals surface area contributed by atoms with Gasteiger partial charge in [0.1, 0.15) is 0 Å². The predicted octanol–water partition coefficient (Wildman–Crippen LogP) is 1.22. The third-order valence-electron chi connectivity index (χ3n) is 2.72. The van der Waals surface area contributed by atoms with Crippen LogP contribution in [0.5, 0.6) is 0 Å². The molecule has 0 spiro atoms. The summed E-state index contributed by atoms with van der Waals surface area (Å²) in [4.78, 5) is 2.51. The molecule has 14 heavy (non-hydrogen) atoms. The van der Waals surface area contributed by atoms with Gasteiger partial charge in [0.15, 0.2) is 0 Å². The largest absolute Gasteiger partial charge is 0.314 e. The van der Waals surface area contributed by atoms with Crippen molar-refractivity contribution < 1.29 is 0 Å². The van der Waals surface area contributed by atoms with Gasteiger partial charge in [-0.05, 0) is 32.9 Å². The predicted molar refractivity (Wildman–Crippen MR) is 57.9 cm³/mol. The van der Waals surface area contributed by atoms with Crippen LogP contribution in [0.1, 0.15) is 26.2 Å². The second-order valence-corrected chi connectivity index (χ2v) is 4.14. The van der Waals surface area contributed by atoms with Crippen molar-refractivity contribution in [2.24, 2.45) is 5.92 Å². The molecule has 1 aliphatic heterocycles. The summed E-state index contributed by atoms with van der Waals surface area (Å²) in [5.74, 6) is 0.136. The normalized spacial score (nSPS) is 20.3. The van der Waals surface area contributed by atoms with Gasteiger partial charge in [-0.3, -0.25) is 0 Å². The van der Waals surface area contributed by atoms with Gasteiger partial charge in [-0.15, -0.1) is 0 Å². The van der Waals surface area contributed by atoms with Crippen molar-refractivity contribution >= 4 is 0 Å². The fourth-order valence-corrected chi connectivity index (χ4v) is 1.78. The maximum absolute atomic E-state index is 8.58. The number of hydrogen-bond donors (Lipinski definition) is 1. The van der Waals surface area contributed by atoms with Crippen LogP contribution in [-0.2, 0) is 0 Å². The molecule has 0 bridgehead atoms. The minimum absolute atomic E-state index is 0.136. The van der Waals surface area contributed by atoms with Gasteiger partial charge in [-0.25, -0.2) is 0 Å². The Kier molecular flexibility index (Phi) is 5.58. The number of piperidine rings is 1. The van der Waals surface area contributed by atoms with Crippen molar-refractivity contribution in [3.05, 3.63) is 0 Å². The Morgan fingerprint density at radius 1 is 1.36 bits per heavy atom. The van der Waals surface area contributed by atoms with Crippen LogP contribution in [0.2, 0.25) is 0 Å². The molecule has 1 rings (SSSR count). The first-order chi connectivity index (χ1) is 6.83. The third-order valence-corrected chi connectivity index (χ3v) is 2.72. The Morgan fingerprint density at radius 2 is 2.07 bits per heavy atom. The molecular weight excluding hydrogens is 174 g/mol. The average Bonchev–Trinajstić information content (AvgIpc) is 2.25. The topological polar surface area (TPSA) is 39.1 Å². The zero-order valence-corrected chi connectivity index (χ0v) is 9.13. The maximum atomic E-state index is 8.58. The molecule has 0 aliphatic carbocycles. The first-order valence-electron chi connectivity index (χ1n) is 5.65. The van der Waals surface area contributed by atoms with Gasteiger partial charge in [0.25, 0.3) is 0 Å². The van der Waals surface area contributed by atoms with Crippen molar-refractivity contribution in [1.82, 2.24) is 10.2 Å². The summed E-state index contributed by atoms with van der Waals surface area (Å²) in [5, 5.41) is 11.9.